The van der Waals surface area contributed by atoms with Crippen molar-refractivity contribution in [2.45, 2.75) is 89.8 Å². The van der Waals surface area contributed by atoms with Crippen molar-refractivity contribution in [3.05, 3.63) is 13.2 Å². The number of hydrogen-bond acceptors (Lipinski definition) is 1. The van der Waals surface area contributed by atoms with Gasteiger partial charge in [0.15, 0.2) is 0 Å². The monoisotopic (exact) mass is 330 g/mol. The molecule has 4 saturated carbocycles. The summed E-state index contributed by atoms with van der Waals surface area (Å²) in [5.74, 6) is 7.40. The first-order valence-electron chi connectivity index (χ1n) is 10.9. The highest BCUT2D eigenvalue weighted by Gasteiger charge is 2.55. The van der Waals surface area contributed by atoms with Gasteiger partial charge in [-0.05, 0) is 99.2 Å². The van der Waals surface area contributed by atoms with Gasteiger partial charge in [0, 0.05) is 0 Å². The first-order chi connectivity index (χ1) is 11.8. The molecule has 0 radical (unpaired) electrons. The first-order valence-corrected chi connectivity index (χ1v) is 10.9. The van der Waals surface area contributed by atoms with E-state index >= 15 is 0 Å². The standard InChI is InChI=1S/C21H34O.C2H4/c1-13-2-4-14(5-3-13)15-6-8-17-16(12-15)7-9-19-18(17)10-11-20-21(19)22-20;1-2/h13-21H,2-12H2,1H3;1-2H2. The molecular formula is C23H38O. The lowest BCUT2D eigenvalue weighted by Gasteiger charge is -2.50. The fourth-order valence-corrected chi connectivity index (χ4v) is 7.30. The van der Waals surface area contributed by atoms with Crippen LogP contribution in [0, 0.1) is 41.4 Å². The van der Waals surface area contributed by atoms with Crippen molar-refractivity contribution in [2.24, 2.45) is 41.4 Å². The predicted molar refractivity (Wildman–Crippen MR) is 101 cm³/mol. The smallest absolute Gasteiger partial charge is 0.0872 e. The third kappa shape index (κ3) is 3.11. The van der Waals surface area contributed by atoms with Crippen LogP contribution < -0.4 is 0 Å². The van der Waals surface area contributed by atoms with E-state index in [0.29, 0.717) is 12.2 Å². The molecule has 136 valence electrons. The molecule has 0 aromatic rings. The molecule has 0 N–H and O–H groups in total. The fraction of sp³-hybridized carbons (Fsp3) is 0.913. The van der Waals surface area contributed by atoms with E-state index in [1.165, 1.54) is 38.5 Å². The SMILES string of the molecule is C=C.CC1CCC(C2CCC3C(CCC4C3CCC3OC34)C2)CC1. The van der Waals surface area contributed by atoms with Gasteiger partial charge in [-0.2, -0.15) is 0 Å². The number of rotatable bonds is 1. The minimum Gasteiger partial charge on any atom is -0.369 e. The number of fused-ring (bicyclic) bond motifs is 5. The summed E-state index contributed by atoms with van der Waals surface area (Å²) < 4.78 is 5.95. The van der Waals surface area contributed by atoms with E-state index in [2.05, 4.69) is 20.1 Å². The van der Waals surface area contributed by atoms with Crippen molar-refractivity contribution in [3.8, 4) is 0 Å². The summed E-state index contributed by atoms with van der Waals surface area (Å²) in [4.78, 5) is 0. The molecule has 1 aliphatic heterocycles. The summed E-state index contributed by atoms with van der Waals surface area (Å²) >= 11 is 0. The van der Waals surface area contributed by atoms with E-state index in [9.17, 15) is 0 Å². The molecule has 1 saturated heterocycles. The molecule has 1 nitrogen and oxygen atoms in total. The normalized spacial score (nSPS) is 52.8. The summed E-state index contributed by atoms with van der Waals surface area (Å²) in [7, 11) is 0. The lowest BCUT2D eigenvalue weighted by Crippen LogP contribution is -2.43. The molecule has 24 heavy (non-hydrogen) atoms. The minimum atomic E-state index is 0.693. The van der Waals surface area contributed by atoms with Crippen LogP contribution in [0.4, 0.5) is 0 Å². The Morgan fingerprint density at radius 1 is 0.625 bits per heavy atom. The molecule has 5 aliphatic rings. The average Bonchev–Trinajstić information content (AvgIpc) is 3.43. The van der Waals surface area contributed by atoms with E-state index < -0.39 is 0 Å². The number of epoxide rings is 1. The zero-order chi connectivity index (χ0) is 16.7. The maximum absolute atomic E-state index is 5.95. The molecule has 5 rings (SSSR count). The van der Waals surface area contributed by atoms with Gasteiger partial charge in [0.05, 0.1) is 12.2 Å². The Morgan fingerprint density at radius 2 is 1.25 bits per heavy atom. The second-order valence-electron chi connectivity index (χ2n) is 9.64. The minimum absolute atomic E-state index is 0.693. The van der Waals surface area contributed by atoms with Crippen molar-refractivity contribution in [1.82, 2.24) is 0 Å². The second-order valence-corrected chi connectivity index (χ2v) is 9.64. The fourth-order valence-electron chi connectivity index (χ4n) is 7.30. The summed E-state index contributed by atoms with van der Waals surface area (Å²) in [5, 5.41) is 0. The number of hydrogen-bond donors (Lipinski definition) is 0. The molecular weight excluding hydrogens is 292 g/mol. The quantitative estimate of drug-likeness (QED) is 0.410. The van der Waals surface area contributed by atoms with Crippen LogP contribution in [0.3, 0.4) is 0 Å². The Bertz CT molecular complexity index is 424. The van der Waals surface area contributed by atoms with Gasteiger partial charge in [-0.1, -0.05) is 19.8 Å². The zero-order valence-electron chi connectivity index (χ0n) is 15.8. The van der Waals surface area contributed by atoms with Crippen LogP contribution in [0.1, 0.15) is 77.6 Å². The van der Waals surface area contributed by atoms with Crippen molar-refractivity contribution < 1.29 is 4.74 Å². The van der Waals surface area contributed by atoms with Crippen LogP contribution in [0.15, 0.2) is 13.2 Å². The molecule has 1 heterocycles. The summed E-state index contributed by atoms with van der Waals surface area (Å²) in [5.41, 5.74) is 0. The summed E-state index contributed by atoms with van der Waals surface area (Å²) in [6, 6.07) is 0. The van der Waals surface area contributed by atoms with Crippen LogP contribution in [-0.4, -0.2) is 12.2 Å². The zero-order valence-corrected chi connectivity index (χ0v) is 15.8. The van der Waals surface area contributed by atoms with Crippen LogP contribution in [-0.2, 0) is 4.74 Å². The molecule has 1 heteroatoms. The van der Waals surface area contributed by atoms with Gasteiger partial charge in [-0.3, -0.25) is 0 Å². The van der Waals surface area contributed by atoms with Crippen molar-refractivity contribution in [3.63, 3.8) is 0 Å². The van der Waals surface area contributed by atoms with Gasteiger partial charge in [0.1, 0.15) is 0 Å². The number of ether oxygens (including phenoxy) is 1. The molecule has 0 aromatic carbocycles. The molecule has 5 fully saturated rings. The molecule has 0 aromatic heterocycles. The van der Waals surface area contributed by atoms with Gasteiger partial charge in [0.2, 0.25) is 0 Å². The summed E-state index contributed by atoms with van der Waals surface area (Å²) in [6.07, 6.45) is 18.2. The van der Waals surface area contributed by atoms with Gasteiger partial charge >= 0.3 is 0 Å². The Balaban J connectivity index is 0.000000704. The van der Waals surface area contributed by atoms with Crippen LogP contribution in [0.25, 0.3) is 0 Å². The molecule has 0 spiro atoms. The molecule has 7 atom stereocenters. The molecule has 0 bridgehead atoms. The van der Waals surface area contributed by atoms with E-state index in [4.69, 9.17) is 4.74 Å². The van der Waals surface area contributed by atoms with Crippen molar-refractivity contribution >= 4 is 0 Å². The molecule has 7 unspecified atom stereocenters. The van der Waals surface area contributed by atoms with Gasteiger partial charge in [-0.15, -0.1) is 13.2 Å². The van der Waals surface area contributed by atoms with E-state index in [0.717, 1.165) is 41.4 Å². The Kier molecular flexibility index (Phi) is 5.09. The topological polar surface area (TPSA) is 12.5 Å². The highest BCUT2D eigenvalue weighted by atomic mass is 16.6. The molecule has 4 aliphatic carbocycles. The largest absolute Gasteiger partial charge is 0.369 e. The highest BCUT2D eigenvalue weighted by molar-refractivity contribution is 5.04. The molecule has 0 amide bonds. The van der Waals surface area contributed by atoms with Gasteiger partial charge in [-0.25, -0.2) is 0 Å². The van der Waals surface area contributed by atoms with Gasteiger partial charge in [0.25, 0.3) is 0 Å². The lowest BCUT2D eigenvalue weighted by atomic mass is 9.55. The third-order valence-corrected chi connectivity index (χ3v) is 8.61. The third-order valence-electron chi connectivity index (χ3n) is 8.61. The summed E-state index contributed by atoms with van der Waals surface area (Å²) in [6.45, 7) is 8.46. The van der Waals surface area contributed by atoms with Crippen molar-refractivity contribution in [1.29, 1.82) is 0 Å². The van der Waals surface area contributed by atoms with Crippen LogP contribution >= 0.6 is 0 Å². The Morgan fingerprint density at radius 3 is 2.04 bits per heavy atom. The first kappa shape index (κ1) is 17.1. The van der Waals surface area contributed by atoms with E-state index in [1.54, 1.807) is 32.1 Å². The van der Waals surface area contributed by atoms with E-state index in [1.807, 2.05) is 0 Å². The Hall–Kier alpha value is -0.300. The van der Waals surface area contributed by atoms with Crippen LogP contribution in [0.5, 0.6) is 0 Å². The lowest BCUT2D eigenvalue weighted by molar-refractivity contribution is -0.000574. The average molecular weight is 331 g/mol. The van der Waals surface area contributed by atoms with Gasteiger partial charge < -0.3 is 4.74 Å². The maximum Gasteiger partial charge on any atom is 0.0872 e. The van der Waals surface area contributed by atoms with E-state index in [-0.39, 0.29) is 0 Å². The second kappa shape index (κ2) is 7.14. The van der Waals surface area contributed by atoms with Crippen LogP contribution in [0.2, 0.25) is 0 Å². The maximum atomic E-state index is 5.95. The Labute approximate surface area is 149 Å². The highest BCUT2D eigenvalue weighted by Crippen LogP contribution is 2.57. The predicted octanol–water partition coefficient (Wildman–Crippen LogP) is 6.23. The van der Waals surface area contributed by atoms with Crippen molar-refractivity contribution in [2.75, 3.05) is 0 Å².